The number of nitrogens with zero attached hydrogens (tertiary/aromatic N) is 2. The Morgan fingerprint density at radius 1 is 1.47 bits per heavy atom. The lowest BCUT2D eigenvalue weighted by atomic mass is 10.0. The van der Waals surface area contributed by atoms with Crippen molar-refractivity contribution in [3.05, 3.63) is 21.8 Å². The Hall–Kier alpha value is -0.720. The third-order valence-electron chi connectivity index (χ3n) is 2.24. The van der Waals surface area contributed by atoms with Gasteiger partial charge in [-0.1, -0.05) is 5.16 Å². The number of hydrogen-bond donors (Lipinski definition) is 1. The maximum absolute atomic E-state index is 5.91. The highest BCUT2D eigenvalue weighted by atomic mass is 79.9. The number of aromatic nitrogens is 2. The van der Waals surface area contributed by atoms with E-state index in [-0.39, 0.29) is 5.54 Å². The average molecular weight is 316 g/mol. The first-order valence-electron chi connectivity index (χ1n) is 5.31. The van der Waals surface area contributed by atoms with Crippen molar-refractivity contribution in [2.45, 2.75) is 32.2 Å². The van der Waals surface area contributed by atoms with Gasteiger partial charge in [0.15, 0.2) is 0 Å². The third kappa shape index (κ3) is 3.62. The van der Waals surface area contributed by atoms with Gasteiger partial charge in [-0.05, 0) is 48.3 Å². The van der Waals surface area contributed by atoms with Gasteiger partial charge >= 0.3 is 0 Å². The van der Waals surface area contributed by atoms with E-state index >= 15 is 0 Å². The largest absolute Gasteiger partial charge is 0.339 e. The molecule has 0 amide bonds. The van der Waals surface area contributed by atoms with Gasteiger partial charge in [0, 0.05) is 12.0 Å². The molecule has 92 valence electrons. The second-order valence-electron chi connectivity index (χ2n) is 4.60. The summed E-state index contributed by atoms with van der Waals surface area (Å²) in [4.78, 5) is 5.35. The van der Waals surface area contributed by atoms with Crippen LogP contribution in [0.4, 0.5) is 0 Å². The van der Waals surface area contributed by atoms with Crippen molar-refractivity contribution in [2.75, 3.05) is 0 Å². The van der Waals surface area contributed by atoms with E-state index in [1.165, 1.54) is 0 Å². The number of aryl methyl sites for hydroxylation is 1. The Balaban J connectivity index is 2.06. The van der Waals surface area contributed by atoms with Crippen molar-refractivity contribution in [3.63, 3.8) is 0 Å². The molecule has 0 aliphatic carbocycles. The summed E-state index contributed by atoms with van der Waals surface area (Å²) in [5.41, 5.74) is 5.70. The van der Waals surface area contributed by atoms with E-state index in [1.54, 1.807) is 11.3 Å². The summed E-state index contributed by atoms with van der Waals surface area (Å²) < 4.78 is 6.26. The molecular formula is C11H14BrN3OS. The normalized spacial score (nSPS) is 12.0. The SMILES string of the molecule is CC(C)(N)CCc1nc(-c2ccc(Br)s2)no1. The third-order valence-corrected chi connectivity index (χ3v) is 3.86. The van der Waals surface area contributed by atoms with Gasteiger partial charge in [0.1, 0.15) is 0 Å². The lowest BCUT2D eigenvalue weighted by Gasteiger charge is -2.16. The summed E-state index contributed by atoms with van der Waals surface area (Å²) >= 11 is 4.99. The molecule has 0 spiro atoms. The summed E-state index contributed by atoms with van der Waals surface area (Å²) in [5.74, 6) is 1.29. The number of hydrogen-bond acceptors (Lipinski definition) is 5. The van der Waals surface area contributed by atoms with Crippen LogP contribution >= 0.6 is 27.3 Å². The van der Waals surface area contributed by atoms with E-state index < -0.39 is 0 Å². The lowest BCUT2D eigenvalue weighted by Crippen LogP contribution is -2.32. The molecule has 2 aromatic rings. The molecular weight excluding hydrogens is 302 g/mol. The molecule has 0 atom stereocenters. The van der Waals surface area contributed by atoms with Crippen molar-refractivity contribution in [1.82, 2.24) is 10.1 Å². The Morgan fingerprint density at radius 3 is 2.82 bits per heavy atom. The van der Waals surface area contributed by atoms with Crippen molar-refractivity contribution in [2.24, 2.45) is 5.73 Å². The molecule has 2 rings (SSSR count). The predicted molar refractivity (Wildman–Crippen MR) is 71.9 cm³/mol. The Labute approximate surface area is 112 Å². The van der Waals surface area contributed by atoms with E-state index in [1.807, 2.05) is 26.0 Å². The predicted octanol–water partition coefficient (Wildman–Crippen LogP) is 3.23. The van der Waals surface area contributed by atoms with Gasteiger partial charge in [-0.3, -0.25) is 0 Å². The van der Waals surface area contributed by atoms with Crippen LogP contribution in [0.25, 0.3) is 10.7 Å². The summed E-state index contributed by atoms with van der Waals surface area (Å²) in [5, 5.41) is 3.96. The lowest BCUT2D eigenvalue weighted by molar-refractivity contribution is 0.358. The number of nitrogens with two attached hydrogens (primary N) is 1. The highest BCUT2D eigenvalue weighted by Crippen LogP contribution is 2.29. The average Bonchev–Trinajstić information content (AvgIpc) is 2.81. The minimum Gasteiger partial charge on any atom is -0.339 e. The minimum absolute atomic E-state index is 0.208. The molecule has 0 radical (unpaired) electrons. The second kappa shape index (κ2) is 4.88. The highest BCUT2D eigenvalue weighted by molar-refractivity contribution is 9.11. The van der Waals surface area contributed by atoms with Crippen molar-refractivity contribution >= 4 is 27.3 Å². The van der Waals surface area contributed by atoms with Gasteiger partial charge in [0.25, 0.3) is 0 Å². The zero-order valence-corrected chi connectivity index (χ0v) is 12.1. The molecule has 0 saturated heterocycles. The second-order valence-corrected chi connectivity index (χ2v) is 7.07. The molecule has 4 nitrogen and oxygen atoms in total. The summed E-state index contributed by atoms with van der Waals surface area (Å²) in [6.45, 7) is 3.97. The summed E-state index contributed by atoms with van der Waals surface area (Å²) in [6, 6.07) is 3.94. The fraction of sp³-hybridized carbons (Fsp3) is 0.455. The van der Waals surface area contributed by atoms with E-state index in [4.69, 9.17) is 10.3 Å². The fourth-order valence-corrected chi connectivity index (χ4v) is 2.63. The van der Waals surface area contributed by atoms with E-state index in [0.717, 1.165) is 15.1 Å². The van der Waals surface area contributed by atoms with Crippen LogP contribution in [-0.4, -0.2) is 15.7 Å². The molecule has 0 fully saturated rings. The molecule has 0 aromatic carbocycles. The van der Waals surface area contributed by atoms with E-state index in [0.29, 0.717) is 18.1 Å². The Morgan fingerprint density at radius 2 is 2.24 bits per heavy atom. The van der Waals surface area contributed by atoms with Crippen molar-refractivity contribution in [1.29, 1.82) is 0 Å². The molecule has 0 aliphatic heterocycles. The van der Waals surface area contributed by atoms with Crippen LogP contribution in [0.3, 0.4) is 0 Å². The van der Waals surface area contributed by atoms with Gasteiger partial charge in [0.05, 0.1) is 8.66 Å². The van der Waals surface area contributed by atoms with E-state index in [9.17, 15) is 0 Å². The maximum Gasteiger partial charge on any atom is 0.227 e. The Bertz CT molecular complexity index is 501. The summed E-state index contributed by atoms with van der Waals surface area (Å²) in [6.07, 6.45) is 1.53. The van der Waals surface area contributed by atoms with Crippen molar-refractivity contribution < 1.29 is 4.52 Å². The van der Waals surface area contributed by atoms with Crippen LogP contribution in [0.2, 0.25) is 0 Å². The fourth-order valence-electron chi connectivity index (χ4n) is 1.32. The van der Waals surface area contributed by atoms with E-state index in [2.05, 4.69) is 26.1 Å². The standard InChI is InChI=1S/C11H14BrN3OS/c1-11(2,13)6-5-9-14-10(15-16-9)7-3-4-8(12)17-7/h3-4H,5-6,13H2,1-2H3. The molecule has 0 aliphatic rings. The first-order chi connectivity index (χ1) is 7.94. The van der Waals surface area contributed by atoms with Crippen LogP contribution < -0.4 is 5.73 Å². The quantitative estimate of drug-likeness (QED) is 0.940. The van der Waals surface area contributed by atoms with Gasteiger partial charge in [0.2, 0.25) is 11.7 Å². The van der Waals surface area contributed by atoms with Gasteiger partial charge < -0.3 is 10.3 Å². The van der Waals surface area contributed by atoms with Crippen LogP contribution in [-0.2, 0) is 6.42 Å². The van der Waals surface area contributed by atoms with Gasteiger partial charge in [-0.15, -0.1) is 11.3 Å². The zero-order valence-electron chi connectivity index (χ0n) is 9.74. The topological polar surface area (TPSA) is 64.9 Å². The smallest absolute Gasteiger partial charge is 0.227 e. The van der Waals surface area contributed by atoms with Gasteiger partial charge in [-0.25, -0.2) is 0 Å². The molecule has 0 saturated carbocycles. The highest BCUT2D eigenvalue weighted by Gasteiger charge is 2.15. The van der Waals surface area contributed by atoms with Crippen LogP contribution in [0.1, 0.15) is 26.2 Å². The molecule has 6 heteroatoms. The molecule has 17 heavy (non-hydrogen) atoms. The molecule has 0 unspecified atom stereocenters. The number of halogens is 1. The molecule has 0 bridgehead atoms. The monoisotopic (exact) mass is 315 g/mol. The van der Waals surface area contributed by atoms with Gasteiger partial charge in [-0.2, -0.15) is 4.98 Å². The number of thiophene rings is 1. The molecule has 2 aromatic heterocycles. The molecule has 2 heterocycles. The Kier molecular flexibility index (Phi) is 3.65. The van der Waals surface area contributed by atoms with Crippen LogP contribution in [0.5, 0.6) is 0 Å². The van der Waals surface area contributed by atoms with Crippen molar-refractivity contribution in [3.8, 4) is 10.7 Å². The molecule has 2 N–H and O–H groups in total. The first-order valence-corrected chi connectivity index (χ1v) is 6.92. The number of rotatable bonds is 4. The summed E-state index contributed by atoms with van der Waals surface area (Å²) in [7, 11) is 0. The maximum atomic E-state index is 5.91. The van der Waals surface area contributed by atoms with Crippen LogP contribution in [0, 0.1) is 0 Å². The first kappa shape index (κ1) is 12.7. The van der Waals surface area contributed by atoms with Crippen LogP contribution in [0.15, 0.2) is 20.4 Å². The zero-order chi connectivity index (χ0) is 12.5. The minimum atomic E-state index is -0.208.